The minimum absolute atomic E-state index is 0.0390. The molecule has 0 aliphatic heterocycles. The van der Waals surface area contributed by atoms with Crippen molar-refractivity contribution in [2.24, 2.45) is 5.92 Å². The van der Waals surface area contributed by atoms with Crippen LogP contribution in [0.2, 0.25) is 0 Å². The number of unbranched alkanes of at least 4 members (excludes halogenated alkanes) is 15. The molecule has 11 nitrogen and oxygen atoms in total. The van der Waals surface area contributed by atoms with Gasteiger partial charge in [-0.1, -0.05) is 154 Å². The Kier molecular flexibility index (Phi) is 35.5. The summed E-state index contributed by atoms with van der Waals surface area (Å²) in [7, 11) is -4.67. The van der Waals surface area contributed by atoms with E-state index in [1.54, 1.807) is 12.2 Å². The van der Waals surface area contributed by atoms with E-state index >= 15 is 0 Å². The monoisotopic (exact) mass is 789 g/mol. The average Bonchev–Trinajstić information content (AvgIpc) is 3.13. The van der Waals surface area contributed by atoms with Gasteiger partial charge in [-0.25, -0.2) is 4.57 Å². The van der Waals surface area contributed by atoms with E-state index in [4.69, 9.17) is 19.1 Å². The summed E-state index contributed by atoms with van der Waals surface area (Å²) in [4.78, 5) is 34.9. The molecule has 0 amide bonds. The lowest BCUT2D eigenvalue weighted by Gasteiger charge is -2.20. The van der Waals surface area contributed by atoms with E-state index in [0.29, 0.717) is 19.3 Å². The molecule has 0 rings (SSSR count). The number of carbonyl (C=O) groups excluding carboxylic acids is 2. The van der Waals surface area contributed by atoms with Crippen molar-refractivity contribution in [2.75, 3.05) is 26.4 Å². The lowest BCUT2D eigenvalue weighted by Crippen LogP contribution is -2.30. The smallest absolute Gasteiger partial charge is 0.462 e. The summed E-state index contributed by atoms with van der Waals surface area (Å²) in [5.41, 5.74) is 0. The molecule has 0 aromatic rings. The number of ether oxygens (including phenoxy) is 2. The van der Waals surface area contributed by atoms with Crippen molar-refractivity contribution in [3.05, 3.63) is 36.5 Å². The first kappa shape index (κ1) is 52.2. The van der Waals surface area contributed by atoms with E-state index in [2.05, 4.69) is 37.4 Å². The Labute approximate surface area is 327 Å². The molecule has 2 unspecified atom stereocenters. The van der Waals surface area contributed by atoms with E-state index in [-0.39, 0.29) is 19.4 Å². The first-order chi connectivity index (χ1) is 26.0. The summed E-state index contributed by atoms with van der Waals surface area (Å²) in [6, 6.07) is 0. The maximum Gasteiger partial charge on any atom is 0.472 e. The van der Waals surface area contributed by atoms with Crippen LogP contribution in [0.5, 0.6) is 0 Å². The van der Waals surface area contributed by atoms with Crippen molar-refractivity contribution >= 4 is 19.8 Å². The molecule has 0 bridgehead atoms. The van der Waals surface area contributed by atoms with Crippen LogP contribution >= 0.6 is 7.82 Å². The van der Waals surface area contributed by atoms with Crippen molar-refractivity contribution in [2.45, 2.75) is 187 Å². The molecule has 316 valence electrons. The van der Waals surface area contributed by atoms with Crippen LogP contribution in [-0.2, 0) is 32.7 Å². The third-order valence-corrected chi connectivity index (χ3v) is 9.78. The SMILES string of the molecule is CCCCCCCC/C=C/C/C=C/C=C/C(O)CCCC(=O)O[C@H](COC(=O)CCCCCCCCCCCCC(C)C)COP(=O)(O)OC[C@@H](O)CO. The minimum atomic E-state index is -4.67. The molecule has 0 radical (unpaired) electrons. The molecule has 4 atom stereocenters. The van der Waals surface area contributed by atoms with Gasteiger partial charge in [0.05, 0.1) is 25.9 Å². The van der Waals surface area contributed by atoms with E-state index in [0.717, 1.165) is 38.0 Å². The van der Waals surface area contributed by atoms with Gasteiger partial charge in [0.1, 0.15) is 12.7 Å². The predicted octanol–water partition coefficient (Wildman–Crippen LogP) is 9.61. The Morgan fingerprint density at radius 1 is 0.667 bits per heavy atom. The highest BCUT2D eigenvalue weighted by molar-refractivity contribution is 7.47. The number of hydrogen-bond acceptors (Lipinski definition) is 10. The van der Waals surface area contributed by atoms with Gasteiger partial charge in [-0.15, -0.1) is 0 Å². The quantitative estimate of drug-likeness (QED) is 0.0155. The summed E-state index contributed by atoms with van der Waals surface area (Å²) in [5.74, 6) is -0.342. The van der Waals surface area contributed by atoms with Crippen molar-refractivity contribution in [1.82, 2.24) is 0 Å². The summed E-state index contributed by atoms with van der Waals surface area (Å²) in [5, 5.41) is 28.6. The van der Waals surface area contributed by atoms with E-state index in [1.165, 1.54) is 83.5 Å². The van der Waals surface area contributed by atoms with Crippen molar-refractivity contribution in [3.8, 4) is 0 Å². The van der Waals surface area contributed by atoms with E-state index in [1.807, 2.05) is 12.2 Å². The number of phosphoric acid groups is 1. The topological polar surface area (TPSA) is 169 Å². The van der Waals surface area contributed by atoms with Crippen molar-refractivity contribution in [3.63, 3.8) is 0 Å². The van der Waals surface area contributed by atoms with Gasteiger partial charge in [0.2, 0.25) is 0 Å². The summed E-state index contributed by atoms with van der Waals surface area (Å²) < 4.78 is 32.5. The zero-order chi connectivity index (χ0) is 40.1. The Morgan fingerprint density at radius 2 is 1.26 bits per heavy atom. The number of carbonyl (C=O) groups is 2. The van der Waals surface area contributed by atoms with Gasteiger partial charge in [-0.2, -0.15) is 0 Å². The third kappa shape index (κ3) is 37.1. The zero-order valence-electron chi connectivity index (χ0n) is 34.0. The molecule has 0 aromatic heterocycles. The van der Waals surface area contributed by atoms with Crippen LogP contribution < -0.4 is 0 Å². The van der Waals surface area contributed by atoms with Gasteiger partial charge in [0, 0.05) is 12.8 Å². The van der Waals surface area contributed by atoms with Crippen molar-refractivity contribution in [1.29, 1.82) is 0 Å². The van der Waals surface area contributed by atoms with Gasteiger partial charge >= 0.3 is 19.8 Å². The fourth-order valence-corrected chi connectivity index (χ4v) is 6.33. The molecule has 0 aromatic carbocycles. The average molecular weight is 789 g/mol. The van der Waals surface area contributed by atoms with E-state index < -0.39 is 57.9 Å². The maximum atomic E-state index is 12.6. The normalized spacial score (nSPS) is 15.0. The number of aliphatic hydroxyl groups is 3. The van der Waals surface area contributed by atoms with Gasteiger partial charge in [-0.05, 0) is 44.4 Å². The van der Waals surface area contributed by atoms with Gasteiger partial charge < -0.3 is 29.7 Å². The van der Waals surface area contributed by atoms with Crippen LogP contribution in [0, 0.1) is 5.92 Å². The Balaban J connectivity index is 4.52. The first-order valence-corrected chi connectivity index (χ1v) is 22.4. The summed E-state index contributed by atoms with van der Waals surface area (Å²) >= 11 is 0. The lowest BCUT2D eigenvalue weighted by molar-refractivity contribution is -0.161. The van der Waals surface area contributed by atoms with Gasteiger partial charge in [-0.3, -0.25) is 18.6 Å². The largest absolute Gasteiger partial charge is 0.472 e. The van der Waals surface area contributed by atoms with Gasteiger partial charge in [0.15, 0.2) is 6.10 Å². The fourth-order valence-electron chi connectivity index (χ4n) is 5.54. The predicted molar refractivity (Wildman–Crippen MR) is 216 cm³/mol. The molecule has 0 saturated heterocycles. The number of allylic oxidation sites excluding steroid dienone is 5. The Hall–Kier alpha value is -1.85. The zero-order valence-corrected chi connectivity index (χ0v) is 34.9. The second-order valence-corrected chi connectivity index (χ2v) is 16.1. The van der Waals surface area contributed by atoms with Gasteiger partial charge in [0.25, 0.3) is 0 Å². The number of rotatable bonds is 38. The van der Waals surface area contributed by atoms with Crippen LogP contribution in [0.1, 0.15) is 168 Å². The van der Waals surface area contributed by atoms with Crippen LogP contribution in [-0.4, -0.2) is 76.9 Å². The number of esters is 2. The number of aliphatic hydroxyl groups excluding tert-OH is 3. The first-order valence-electron chi connectivity index (χ1n) is 20.9. The molecule has 0 heterocycles. The highest BCUT2D eigenvalue weighted by atomic mass is 31.2. The molecule has 0 aliphatic rings. The highest BCUT2D eigenvalue weighted by Gasteiger charge is 2.27. The Morgan fingerprint density at radius 3 is 1.91 bits per heavy atom. The molecule has 12 heteroatoms. The Bertz CT molecular complexity index is 1030. The third-order valence-electron chi connectivity index (χ3n) is 8.83. The van der Waals surface area contributed by atoms with Crippen LogP contribution in [0.15, 0.2) is 36.5 Å². The molecule has 54 heavy (non-hydrogen) atoms. The van der Waals surface area contributed by atoms with Crippen LogP contribution in [0.3, 0.4) is 0 Å². The standard InChI is InChI=1S/C42H77O11P/c1-4-5-6-7-8-9-10-11-12-16-19-22-25-29-38(44)30-27-32-42(47)53-40(36-52-54(48,49)51-34-39(45)33-43)35-50-41(46)31-26-23-20-17-14-13-15-18-21-24-28-37(2)3/h11-12,19,22,25,29,37-40,43-45H,4-10,13-18,20-21,23-24,26-28,30-36H2,1-3H3,(H,48,49)/b12-11+,22-19+,29-25+/t38?,39-,40+/m0/s1. The molecule has 4 N–H and O–H groups in total. The maximum absolute atomic E-state index is 12.6. The highest BCUT2D eigenvalue weighted by Crippen LogP contribution is 2.43. The molecule has 0 aliphatic carbocycles. The minimum Gasteiger partial charge on any atom is -0.462 e. The number of hydrogen-bond donors (Lipinski definition) is 4. The van der Waals surface area contributed by atoms with Crippen LogP contribution in [0.25, 0.3) is 0 Å². The second-order valence-electron chi connectivity index (χ2n) is 14.7. The molecule has 0 spiro atoms. The molecule has 0 fully saturated rings. The molecule has 0 saturated carbocycles. The van der Waals surface area contributed by atoms with Crippen molar-refractivity contribution < 1.29 is 52.9 Å². The van der Waals surface area contributed by atoms with E-state index in [9.17, 15) is 29.3 Å². The number of phosphoric ester groups is 1. The summed E-state index contributed by atoms with van der Waals surface area (Å²) in [6.07, 6.45) is 31.5. The molecular weight excluding hydrogens is 711 g/mol. The molecular formula is C42H77O11P. The fraction of sp³-hybridized carbons (Fsp3) is 0.810. The second kappa shape index (κ2) is 36.8. The lowest BCUT2D eigenvalue weighted by atomic mass is 10.0. The van der Waals surface area contributed by atoms with Crippen LogP contribution in [0.4, 0.5) is 0 Å². The summed E-state index contributed by atoms with van der Waals surface area (Å²) in [6.45, 7) is 4.45.